The molecule has 5 heteroatoms. The van der Waals surface area contributed by atoms with E-state index in [-0.39, 0.29) is 11.9 Å². The second kappa shape index (κ2) is 5.89. The van der Waals surface area contributed by atoms with Crippen molar-refractivity contribution >= 4 is 5.84 Å². The Morgan fingerprint density at radius 3 is 2.83 bits per heavy atom. The summed E-state index contributed by atoms with van der Waals surface area (Å²) >= 11 is 0. The van der Waals surface area contributed by atoms with Crippen molar-refractivity contribution in [1.29, 1.82) is 0 Å². The van der Waals surface area contributed by atoms with Gasteiger partial charge in [-0.1, -0.05) is 18.0 Å². The fourth-order valence-corrected chi connectivity index (χ4v) is 3.28. The molecule has 0 bridgehead atoms. The first-order chi connectivity index (χ1) is 8.65. The second-order valence-corrected chi connectivity index (χ2v) is 5.77. The van der Waals surface area contributed by atoms with Gasteiger partial charge in [0, 0.05) is 13.1 Å². The van der Waals surface area contributed by atoms with E-state index in [2.05, 4.69) is 10.1 Å². The number of hydrogen-bond donors (Lipinski definition) is 2. The maximum absolute atomic E-state index is 8.53. The van der Waals surface area contributed by atoms with Gasteiger partial charge in [-0.2, -0.15) is 0 Å². The quantitative estimate of drug-likeness (QED) is 0.337. The van der Waals surface area contributed by atoms with E-state index in [9.17, 15) is 0 Å². The lowest BCUT2D eigenvalue weighted by atomic mass is 9.86. The van der Waals surface area contributed by atoms with Crippen LogP contribution in [0.25, 0.3) is 0 Å². The first kappa shape index (κ1) is 13.6. The summed E-state index contributed by atoms with van der Waals surface area (Å²) in [5.41, 5.74) is 6.09. The van der Waals surface area contributed by atoms with Gasteiger partial charge in [0.15, 0.2) is 5.84 Å². The minimum Gasteiger partial charge on any atom is -0.409 e. The summed E-state index contributed by atoms with van der Waals surface area (Å²) in [6, 6.07) is 0. The summed E-state index contributed by atoms with van der Waals surface area (Å²) in [5, 5.41) is 11.5. The Hall–Kier alpha value is -0.810. The van der Waals surface area contributed by atoms with E-state index >= 15 is 0 Å². The van der Waals surface area contributed by atoms with Crippen molar-refractivity contribution in [1.82, 2.24) is 4.90 Å². The largest absolute Gasteiger partial charge is 0.409 e. The van der Waals surface area contributed by atoms with Crippen LogP contribution >= 0.6 is 0 Å². The molecule has 1 saturated heterocycles. The highest BCUT2D eigenvalue weighted by Crippen LogP contribution is 2.45. The molecular formula is C13H25N3O2. The molecule has 3 N–H and O–H groups in total. The molecule has 18 heavy (non-hydrogen) atoms. The van der Waals surface area contributed by atoms with E-state index in [4.69, 9.17) is 15.7 Å². The number of nitrogens with two attached hydrogens (primary N) is 1. The molecule has 1 saturated carbocycles. The lowest BCUT2D eigenvalue weighted by Gasteiger charge is -2.23. The van der Waals surface area contributed by atoms with Crippen LogP contribution in [-0.4, -0.2) is 48.3 Å². The Bertz CT molecular complexity index is 301. The standard InChI is InChI=1S/C13H25N3O2/c1-11(12(14)15-17)18-9-8-16-7-6-13(10-16)4-2-3-5-13/h11,17H,2-10H2,1H3,(H2,14,15). The lowest BCUT2D eigenvalue weighted by molar-refractivity contribution is 0.0843. The summed E-state index contributed by atoms with van der Waals surface area (Å²) in [7, 11) is 0. The molecule has 2 fully saturated rings. The third-order valence-electron chi connectivity index (χ3n) is 4.49. The highest BCUT2D eigenvalue weighted by atomic mass is 16.5. The summed E-state index contributed by atoms with van der Waals surface area (Å²) in [4.78, 5) is 2.49. The van der Waals surface area contributed by atoms with Crippen LogP contribution in [0.1, 0.15) is 39.0 Å². The number of amidine groups is 1. The predicted molar refractivity (Wildman–Crippen MR) is 70.8 cm³/mol. The fraction of sp³-hybridized carbons (Fsp3) is 0.923. The van der Waals surface area contributed by atoms with E-state index in [1.807, 2.05) is 0 Å². The monoisotopic (exact) mass is 255 g/mol. The summed E-state index contributed by atoms with van der Waals surface area (Å²) in [5.74, 6) is 0.142. The van der Waals surface area contributed by atoms with Crippen LogP contribution in [0.5, 0.6) is 0 Å². The molecule has 0 aromatic heterocycles. The number of likely N-dealkylation sites (tertiary alicyclic amines) is 1. The van der Waals surface area contributed by atoms with Gasteiger partial charge in [-0.15, -0.1) is 0 Å². The highest BCUT2D eigenvalue weighted by molar-refractivity contribution is 5.83. The Labute approximate surface area is 109 Å². The Balaban J connectivity index is 1.66. The molecule has 0 radical (unpaired) electrons. The van der Waals surface area contributed by atoms with Gasteiger partial charge in [0.1, 0.15) is 6.10 Å². The Kier molecular flexibility index (Phi) is 4.45. The number of rotatable bonds is 5. The average Bonchev–Trinajstić information content (AvgIpc) is 2.99. The third-order valence-corrected chi connectivity index (χ3v) is 4.49. The van der Waals surface area contributed by atoms with Gasteiger partial charge in [-0.3, -0.25) is 0 Å². The van der Waals surface area contributed by atoms with Crippen LogP contribution in [0.3, 0.4) is 0 Å². The van der Waals surface area contributed by atoms with Crippen molar-refractivity contribution in [2.75, 3.05) is 26.2 Å². The van der Waals surface area contributed by atoms with Crippen molar-refractivity contribution in [3.63, 3.8) is 0 Å². The van der Waals surface area contributed by atoms with Crippen molar-refractivity contribution < 1.29 is 9.94 Å². The summed E-state index contributed by atoms with van der Waals surface area (Å²) in [6.07, 6.45) is 6.67. The number of oxime groups is 1. The second-order valence-electron chi connectivity index (χ2n) is 5.77. The summed E-state index contributed by atoms with van der Waals surface area (Å²) < 4.78 is 5.55. The fourth-order valence-electron chi connectivity index (χ4n) is 3.28. The van der Waals surface area contributed by atoms with Crippen LogP contribution in [0.2, 0.25) is 0 Å². The molecule has 1 aliphatic carbocycles. The number of hydrogen-bond acceptors (Lipinski definition) is 4. The highest BCUT2D eigenvalue weighted by Gasteiger charge is 2.39. The van der Waals surface area contributed by atoms with Crippen LogP contribution in [0, 0.1) is 5.41 Å². The van der Waals surface area contributed by atoms with Crippen LogP contribution < -0.4 is 5.73 Å². The number of nitrogens with zero attached hydrogens (tertiary/aromatic N) is 2. The average molecular weight is 255 g/mol. The molecule has 104 valence electrons. The number of ether oxygens (including phenoxy) is 1. The maximum Gasteiger partial charge on any atom is 0.168 e. The van der Waals surface area contributed by atoms with E-state index < -0.39 is 0 Å². The molecule has 0 aromatic rings. The molecule has 2 rings (SSSR count). The van der Waals surface area contributed by atoms with Crippen LogP contribution in [0.15, 0.2) is 5.16 Å². The predicted octanol–water partition coefficient (Wildman–Crippen LogP) is 1.40. The van der Waals surface area contributed by atoms with Crippen molar-refractivity contribution in [3.05, 3.63) is 0 Å². The minimum absolute atomic E-state index is 0.142. The first-order valence-electron chi connectivity index (χ1n) is 6.97. The molecular weight excluding hydrogens is 230 g/mol. The van der Waals surface area contributed by atoms with Crippen molar-refractivity contribution in [3.8, 4) is 0 Å². The van der Waals surface area contributed by atoms with Crippen molar-refractivity contribution in [2.24, 2.45) is 16.3 Å². The first-order valence-corrected chi connectivity index (χ1v) is 6.97. The molecule has 1 unspecified atom stereocenters. The van der Waals surface area contributed by atoms with Gasteiger partial charge in [0.25, 0.3) is 0 Å². The van der Waals surface area contributed by atoms with Gasteiger partial charge in [0.2, 0.25) is 0 Å². The maximum atomic E-state index is 8.53. The smallest absolute Gasteiger partial charge is 0.168 e. The minimum atomic E-state index is -0.307. The van der Waals surface area contributed by atoms with Crippen LogP contribution in [-0.2, 0) is 4.74 Å². The molecule has 0 amide bonds. The molecule has 1 atom stereocenters. The van der Waals surface area contributed by atoms with Gasteiger partial charge >= 0.3 is 0 Å². The molecule has 1 aliphatic heterocycles. The Morgan fingerprint density at radius 2 is 2.17 bits per heavy atom. The SMILES string of the molecule is CC(OCCN1CCC2(CCCC2)C1)C(N)=NO. The normalized spacial score (nSPS) is 25.9. The summed E-state index contributed by atoms with van der Waals surface area (Å²) in [6.45, 7) is 5.82. The molecule has 2 aliphatic rings. The van der Waals surface area contributed by atoms with E-state index in [1.165, 1.54) is 45.2 Å². The van der Waals surface area contributed by atoms with E-state index in [0.717, 1.165) is 6.54 Å². The lowest BCUT2D eigenvalue weighted by Crippen LogP contribution is -2.33. The van der Waals surface area contributed by atoms with E-state index in [1.54, 1.807) is 6.92 Å². The molecule has 1 spiro atoms. The third kappa shape index (κ3) is 3.14. The van der Waals surface area contributed by atoms with Crippen molar-refractivity contribution in [2.45, 2.75) is 45.1 Å². The Morgan fingerprint density at radius 1 is 1.44 bits per heavy atom. The van der Waals surface area contributed by atoms with Gasteiger partial charge < -0.3 is 20.6 Å². The molecule has 1 heterocycles. The topological polar surface area (TPSA) is 71.1 Å². The van der Waals surface area contributed by atoms with Gasteiger partial charge in [-0.05, 0) is 38.1 Å². The molecule has 0 aromatic carbocycles. The van der Waals surface area contributed by atoms with Crippen LogP contribution in [0.4, 0.5) is 0 Å². The van der Waals surface area contributed by atoms with Gasteiger partial charge in [-0.25, -0.2) is 0 Å². The zero-order chi connectivity index (χ0) is 13.0. The van der Waals surface area contributed by atoms with E-state index in [0.29, 0.717) is 12.0 Å². The molecule has 5 nitrogen and oxygen atoms in total. The zero-order valence-corrected chi connectivity index (χ0v) is 11.3. The van der Waals surface area contributed by atoms with Gasteiger partial charge in [0.05, 0.1) is 6.61 Å². The zero-order valence-electron chi connectivity index (χ0n) is 11.3.